The number of ether oxygens (including phenoxy) is 1. The normalized spacial score (nSPS) is 15.8. The maximum absolute atomic E-state index is 5.60. The Morgan fingerprint density at radius 1 is 1.20 bits per heavy atom. The van der Waals surface area contributed by atoms with Gasteiger partial charge in [0.25, 0.3) is 0 Å². The van der Waals surface area contributed by atoms with Crippen LogP contribution in [0.2, 0.25) is 0 Å². The number of aryl methyl sites for hydroxylation is 1. The third-order valence-electron chi connectivity index (χ3n) is 2.85. The van der Waals surface area contributed by atoms with Crippen molar-refractivity contribution >= 4 is 0 Å². The number of rotatable bonds is 0. The van der Waals surface area contributed by atoms with Gasteiger partial charge in [-0.3, -0.25) is 0 Å². The quantitative estimate of drug-likeness (QED) is 0.621. The van der Waals surface area contributed by atoms with E-state index in [1.54, 1.807) is 0 Å². The van der Waals surface area contributed by atoms with Gasteiger partial charge >= 0.3 is 0 Å². The Kier molecular flexibility index (Phi) is 2.34. The minimum atomic E-state index is 0.212. The van der Waals surface area contributed by atoms with E-state index in [-0.39, 0.29) is 5.41 Å². The minimum Gasteiger partial charge on any atom is -0.462 e. The first-order valence-corrected chi connectivity index (χ1v) is 5.46. The van der Waals surface area contributed by atoms with Gasteiger partial charge in [-0.1, -0.05) is 39.5 Å². The summed E-state index contributed by atoms with van der Waals surface area (Å²) in [5, 5.41) is 0. The highest BCUT2D eigenvalue weighted by Gasteiger charge is 2.18. The van der Waals surface area contributed by atoms with Gasteiger partial charge in [-0.2, -0.15) is 0 Å². The van der Waals surface area contributed by atoms with E-state index in [1.165, 1.54) is 11.1 Å². The van der Waals surface area contributed by atoms with Crippen LogP contribution in [-0.4, -0.2) is 0 Å². The molecule has 0 aromatic heterocycles. The first kappa shape index (κ1) is 10.3. The Hall–Kier alpha value is -1.24. The molecule has 15 heavy (non-hydrogen) atoms. The standard InChI is InChI=1S/C14H18O/c1-10-5-6-11-9-12(14(2,3)4)7-8-13(11)15-10/h7-9H,1,5-6H2,2-4H3. The maximum atomic E-state index is 5.60. The van der Waals surface area contributed by atoms with Gasteiger partial charge in [0.15, 0.2) is 0 Å². The molecule has 1 aromatic rings. The fourth-order valence-corrected chi connectivity index (χ4v) is 1.82. The zero-order valence-corrected chi connectivity index (χ0v) is 9.76. The van der Waals surface area contributed by atoms with Crippen LogP contribution in [0.5, 0.6) is 5.75 Å². The molecule has 0 unspecified atom stereocenters. The summed E-state index contributed by atoms with van der Waals surface area (Å²) in [5.41, 5.74) is 2.90. The summed E-state index contributed by atoms with van der Waals surface area (Å²) in [6.07, 6.45) is 2.00. The van der Waals surface area contributed by atoms with Gasteiger partial charge in [-0.25, -0.2) is 0 Å². The van der Waals surface area contributed by atoms with Crippen molar-refractivity contribution in [2.24, 2.45) is 0 Å². The van der Waals surface area contributed by atoms with Crippen LogP contribution in [0.3, 0.4) is 0 Å². The lowest BCUT2D eigenvalue weighted by Gasteiger charge is -2.24. The first-order valence-electron chi connectivity index (χ1n) is 5.46. The third kappa shape index (κ3) is 2.06. The lowest BCUT2D eigenvalue weighted by Crippen LogP contribution is -2.13. The monoisotopic (exact) mass is 202 g/mol. The van der Waals surface area contributed by atoms with E-state index in [4.69, 9.17) is 4.74 Å². The topological polar surface area (TPSA) is 9.23 Å². The number of fused-ring (bicyclic) bond motifs is 1. The van der Waals surface area contributed by atoms with Crippen molar-refractivity contribution < 1.29 is 4.74 Å². The number of benzene rings is 1. The Morgan fingerprint density at radius 2 is 1.93 bits per heavy atom. The summed E-state index contributed by atoms with van der Waals surface area (Å²) in [7, 11) is 0. The van der Waals surface area contributed by atoms with E-state index in [0.717, 1.165) is 24.4 Å². The molecule has 0 saturated carbocycles. The molecule has 1 aliphatic rings. The molecule has 0 fully saturated rings. The summed E-state index contributed by atoms with van der Waals surface area (Å²) in [6, 6.07) is 6.49. The molecule has 1 nitrogen and oxygen atoms in total. The van der Waals surface area contributed by atoms with E-state index in [1.807, 2.05) is 0 Å². The van der Waals surface area contributed by atoms with E-state index in [0.29, 0.717) is 0 Å². The fraction of sp³-hybridized carbons (Fsp3) is 0.429. The summed E-state index contributed by atoms with van der Waals surface area (Å²) >= 11 is 0. The highest BCUT2D eigenvalue weighted by atomic mass is 16.5. The van der Waals surface area contributed by atoms with Crippen molar-refractivity contribution in [3.63, 3.8) is 0 Å². The molecular formula is C14H18O. The number of hydrogen-bond donors (Lipinski definition) is 0. The first-order chi connectivity index (χ1) is 6.97. The van der Waals surface area contributed by atoms with Gasteiger partial charge in [0.1, 0.15) is 5.75 Å². The van der Waals surface area contributed by atoms with Crippen molar-refractivity contribution in [1.29, 1.82) is 0 Å². The predicted molar refractivity (Wildman–Crippen MR) is 63.2 cm³/mol. The Bertz CT molecular complexity index is 396. The fourth-order valence-electron chi connectivity index (χ4n) is 1.82. The SMILES string of the molecule is C=C1CCc2cc(C(C)(C)C)ccc2O1. The summed E-state index contributed by atoms with van der Waals surface area (Å²) in [5.74, 6) is 1.87. The second-order valence-corrected chi connectivity index (χ2v) is 5.21. The maximum Gasteiger partial charge on any atom is 0.130 e. The number of allylic oxidation sites excluding steroid dienone is 1. The second-order valence-electron chi connectivity index (χ2n) is 5.21. The van der Waals surface area contributed by atoms with Crippen LogP contribution < -0.4 is 4.74 Å². The molecule has 0 bridgehead atoms. The molecule has 1 aliphatic heterocycles. The Balaban J connectivity index is 2.39. The molecule has 0 N–H and O–H groups in total. The van der Waals surface area contributed by atoms with Crippen LogP contribution in [0, 0.1) is 0 Å². The highest BCUT2D eigenvalue weighted by molar-refractivity contribution is 5.42. The Labute approximate surface area is 91.8 Å². The molecule has 0 spiro atoms. The molecule has 1 heteroatoms. The lowest BCUT2D eigenvalue weighted by molar-refractivity contribution is 0.380. The summed E-state index contributed by atoms with van der Waals surface area (Å²) in [6.45, 7) is 10.6. The summed E-state index contributed by atoms with van der Waals surface area (Å²) in [4.78, 5) is 0. The number of hydrogen-bond acceptors (Lipinski definition) is 1. The highest BCUT2D eigenvalue weighted by Crippen LogP contribution is 2.32. The lowest BCUT2D eigenvalue weighted by atomic mass is 9.85. The van der Waals surface area contributed by atoms with E-state index >= 15 is 0 Å². The summed E-state index contributed by atoms with van der Waals surface area (Å²) < 4.78 is 5.60. The van der Waals surface area contributed by atoms with Crippen molar-refractivity contribution in [2.45, 2.75) is 39.0 Å². The van der Waals surface area contributed by atoms with Crippen LogP contribution >= 0.6 is 0 Å². The molecule has 0 atom stereocenters. The molecule has 2 rings (SSSR count). The van der Waals surface area contributed by atoms with Crippen molar-refractivity contribution in [2.75, 3.05) is 0 Å². The zero-order valence-electron chi connectivity index (χ0n) is 9.76. The molecule has 1 heterocycles. The smallest absolute Gasteiger partial charge is 0.130 e. The van der Waals surface area contributed by atoms with Gasteiger partial charge in [0.05, 0.1) is 5.76 Å². The van der Waals surface area contributed by atoms with Gasteiger partial charge in [-0.05, 0) is 29.0 Å². The molecular weight excluding hydrogens is 184 g/mol. The van der Waals surface area contributed by atoms with Crippen molar-refractivity contribution in [3.8, 4) is 5.75 Å². The van der Waals surface area contributed by atoms with Crippen molar-refractivity contribution in [3.05, 3.63) is 41.7 Å². The van der Waals surface area contributed by atoms with E-state index in [9.17, 15) is 0 Å². The van der Waals surface area contributed by atoms with Crippen molar-refractivity contribution in [1.82, 2.24) is 0 Å². The molecule has 0 amide bonds. The van der Waals surface area contributed by atoms with Gasteiger partial charge in [-0.15, -0.1) is 0 Å². The van der Waals surface area contributed by atoms with Gasteiger partial charge in [0, 0.05) is 6.42 Å². The second kappa shape index (κ2) is 3.41. The molecule has 1 aromatic carbocycles. The third-order valence-corrected chi connectivity index (χ3v) is 2.85. The van der Waals surface area contributed by atoms with Crippen LogP contribution in [-0.2, 0) is 11.8 Å². The van der Waals surface area contributed by atoms with Gasteiger partial charge < -0.3 is 4.74 Å². The minimum absolute atomic E-state index is 0.212. The molecule has 0 aliphatic carbocycles. The van der Waals surface area contributed by atoms with Crippen LogP contribution in [0.4, 0.5) is 0 Å². The largest absolute Gasteiger partial charge is 0.462 e. The van der Waals surface area contributed by atoms with Crippen LogP contribution in [0.1, 0.15) is 38.3 Å². The predicted octanol–water partition coefficient (Wildman–Crippen LogP) is 3.82. The van der Waals surface area contributed by atoms with E-state index < -0.39 is 0 Å². The van der Waals surface area contributed by atoms with E-state index in [2.05, 4.69) is 45.5 Å². The van der Waals surface area contributed by atoms with Crippen LogP contribution in [0.25, 0.3) is 0 Å². The zero-order chi connectivity index (χ0) is 11.1. The van der Waals surface area contributed by atoms with Crippen LogP contribution in [0.15, 0.2) is 30.5 Å². The average molecular weight is 202 g/mol. The Morgan fingerprint density at radius 3 is 2.60 bits per heavy atom. The molecule has 0 saturated heterocycles. The average Bonchev–Trinajstić information content (AvgIpc) is 2.15. The molecule has 80 valence electrons. The molecule has 0 radical (unpaired) electrons. The van der Waals surface area contributed by atoms with Gasteiger partial charge in [0.2, 0.25) is 0 Å².